The van der Waals surface area contributed by atoms with Crippen LogP contribution in [0.5, 0.6) is 0 Å². The van der Waals surface area contributed by atoms with Gasteiger partial charge in [-0.2, -0.15) is 0 Å². The Morgan fingerprint density at radius 3 is 3.14 bits per heavy atom. The highest BCUT2D eigenvalue weighted by Gasteiger charge is 2.17. The number of carbonyl (C=O) groups is 1. The van der Waals surface area contributed by atoms with Crippen LogP contribution in [0.15, 0.2) is 18.2 Å². The van der Waals surface area contributed by atoms with Crippen molar-refractivity contribution in [3.05, 3.63) is 35.3 Å². The molecular weight excluding hydrogens is 271 g/mol. The van der Waals surface area contributed by atoms with Gasteiger partial charge in [0, 0.05) is 30.7 Å². The van der Waals surface area contributed by atoms with Gasteiger partial charge in [0.1, 0.15) is 11.5 Å². The molecule has 2 aromatic rings. The lowest BCUT2D eigenvalue weighted by Crippen LogP contribution is -2.26. The molecule has 2 heterocycles. The molecule has 1 unspecified atom stereocenters. The van der Waals surface area contributed by atoms with Crippen molar-refractivity contribution in [1.82, 2.24) is 10.3 Å². The first kappa shape index (κ1) is 14.1. The minimum atomic E-state index is -0.294. The van der Waals surface area contributed by atoms with E-state index in [9.17, 15) is 9.18 Å². The maximum Gasteiger partial charge on any atom is 0.268 e. The molecule has 1 amide bonds. The number of amides is 1. The third kappa shape index (κ3) is 2.93. The van der Waals surface area contributed by atoms with Gasteiger partial charge in [-0.3, -0.25) is 4.79 Å². The fraction of sp³-hybridized carbons (Fsp3) is 0.438. The first-order chi connectivity index (χ1) is 10.1. The quantitative estimate of drug-likeness (QED) is 0.909. The maximum atomic E-state index is 13.3. The van der Waals surface area contributed by atoms with Crippen molar-refractivity contribution in [2.75, 3.05) is 19.8 Å². The largest absolute Gasteiger partial charge is 0.381 e. The number of rotatable bonds is 4. The zero-order valence-corrected chi connectivity index (χ0v) is 12.0. The molecule has 3 rings (SSSR count). The van der Waals surface area contributed by atoms with Gasteiger partial charge in [0.25, 0.3) is 5.91 Å². The summed E-state index contributed by atoms with van der Waals surface area (Å²) in [5.41, 5.74) is 2.08. The normalized spacial score (nSPS) is 18.3. The molecule has 0 aliphatic carbocycles. The second-order valence-corrected chi connectivity index (χ2v) is 5.59. The summed E-state index contributed by atoms with van der Waals surface area (Å²) in [5, 5.41) is 3.68. The third-order valence-corrected chi connectivity index (χ3v) is 4.11. The molecule has 5 heteroatoms. The second-order valence-electron chi connectivity index (χ2n) is 5.59. The van der Waals surface area contributed by atoms with E-state index in [1.807, 2.05) is 6.92 Å². The Balaban J connectivity index is 1.67. The van der Waals surface area contributed by atoms with Crippen molar-refractivity contribution < 1.29 is 13.9 Å². The van der Waals surface area contributed by atoms with Gasteiger partial charge in [-0.1, -0.05) is 0 Å². The van der Waals surface area contributed by atoms with Crippen molar-refractivity contribution in [2.45, 2.75) is 19.8 Å². The van der Waals surface area contributed by atoms with Gasteiger partial charge in [-0.15, -0.1) is 0 Å². The number of halogens is 1. The van der Waals surface area contributed by atoms with Crippen LogP contribution in [0.4, 0.5) is 4.39 Å². The number of aromatic nitrogens is 1. The van der Waals surface area contributed by atoms with Crippen molar-refractivity contribution in [1.29, 1.82) is 0 Å². The highest BCUT2D eigenvalue weighted by Crippen LogP contribution is 2.22. The van der Waals surface area contributed by atoms with Crippen LogP contribution < -0.4 is 5.32 Å². The van der Waals surface area contributed by atoms with Crippen molar-refractivity contribution >= 4 is 16.8 Å². The summed E-state index contributed by atoms with van der Waals surface area (Å²) in [6.45, 7) is 4.08. The van der Waals surface area contributed by atoms with E-state index in [2.05, 4.69) is 10.3 Å². The predicted molar refractivity (Wildman–Crippen MR) is 78.9 cm³/mol. The SMILES string of the molecule is Cc1c(C(=O)NCCC2CCOC2)[nH]c2ccc(F)cc12. The van der Waals surface area contributed by atoms with Crippen LogP contribution in [-0.2, 0) is 4.74 Å². The van der Waals surface area contributed by atoms with Crippen molar-refractivity contribution in [2.24, 2.45) is 5.92 Å². The molecule has 0 spiro atoms. The topological polar surface area (TPSA) is 54.1 Å². The van der Waals surface area contributed by atoms with Crippen LogP contribution in [0.1, 0.15) is 28.9 Å². The van der Waals surface area contributed by atoms with Crippen LogP contribution in [0, 0.1) is 18.7 Å². The number of benzene rings is 1. The lowest BCUT2D eigenvalue weighted by molar-refractivity contribution is 0.0945. The smallest absolute Gasteiger partial charge is 0.268 e. The van der Waals surface area contributed by atoms with Crippen LogP contribution in [0.25, 0.3) is 10.9 Å². The summed E-state index contributed by atoms with van der Waals surface area (Å²) >= 11 is 0. The Kier molecular flexibility index (Phi) is 3.92. The number of fused-ring (bicyclic) bond motifs is 1. The summed E-state index contributed by atoms with van der Waals surface area (Å²) in [4.78, 5) is 15.3. The van der Waals surface area contributed by atoms with Crippen LogP contribution >= 0.6 is 0 Å². The molecule has 2 N–H and O–H groups in total. The lowest BCUT2D eigenvalue weighted by atomic mass is 10.1. The van der Waals surface area contributed by atoms with Gasteiger partial charge in [0.15, 0.2) is 0 Å². The molecule has 1 aliphatic rings. The fourth-order valence-corrected chi connectivity index (χ4v) is 2.82. The second kappa shape index (κ2) is 5.85. The summed E-state index contributed by atoms with van der Waals surface area (Å²) in [6, 6.07) is 4.50. The van der Waals surface area contributed by atoms with Gasteiger partial charge in [-0.25, -0.2) is 4.39 Å². The van der Waals surface area contributed by atoms with E-state index >= 15 is 0 Å². The molecule has 1 saturated heterocycles. The molecule has 1 fully saturated rings. The number of carbonyl (C=O) groups excluding carboxylic acids is 1. The third-order valence-electron chi connectivity index (χ3n) is 4.11. The first-order valence-electron chi connectivity index (χ1n) is 7.29. The molecule has 21 heavy (non-hydrogen) atoms. The highest BCUT2D eigenvalue weighted by atomic mass is 19.1. The van der Waals surface area contributed by atoms with Crippen LogP contribution in [0.3, 0.4) is 0 Å². The predicted octanol–water partition coefficient (Wildman–Crippen LogP) is 2.77. The Morgan fingerprint density at radius 2 is 2.38 bits per heavy atom. The van der Waals surface area contributed by atoms with Gasteiger partial charge < -0.3 is 15.0 Å². The van der Waals surface area contributed by atoms with E-state index in [1.54, 1.807) is 6.07 Å². The summed E-state index contributed by atoms with van der Waals surface area (Å²) in [6.07, 6.45) is 2.00. The first-order valence-corrected chi connectivity index (χ1v) is 7.29. The minimum Gasteiger partial charge on any atom is -0.381 e. The Labute approximate surface area is 122 Å². The minimum absolute atomic E-state index is 0.136. The van der Waals surface area contributed by atoms with Crippen molar-refractivity contribution in [3.63, 3.8) is 0 Å². The molecule has 0 saturated carbocycles. The van der Waals surface area contributed by atoms with Crippen LogP contribution in [0.2, 0.25) is 0 Å². The lowest BCUT2D eigenvalue weighted by Gasteiger charge is -2.08. The number of aryl methyl sites for hydroxylation is 1. The number of nitrogens with one attached hydrogen (secondary N) is 2. The molecule has 112 valence electrons. The number of H-pyrrole nitrogens is 1. The molecule has 0 bridgehead atoms. The molecular formula is C16H19FN2O2. The zero-order valence-electron chi connectivity index (χ0n) is 12.0. The zero-order chi connectivity index (χ0) is 14.8. The van der Waals surface area contributed by atoms with E-state index in [4.69, 9.17) is 4.74 Å². The summed E-state index contributed by atoms with van der Waals surface area (Å²) in [5.74, 6) is 0.115. The molecule has 1 aliphatic heterocycles. The average Bonchev–Trinajstić information content (AvgIpc) is 3.08. The molecule has 1 atom stereocenters. The molecule has 1 aromatic carbocycles. The maximum absolute atomic E-state index is 13.3. The molecule has 4 nitrogen and oxygen atoms in total. The van der Waals surface area contributed by atoms with E-state index in [0.29, 0.717) is 18.2 Å². The standard InChI is InChI=1S/C16H19FN2O2/c1-10-13-8-12(17)2-3-14(13)19-15(10)16(20)18-6-4-11-5-7-21-9-11/h2-3,8,11,19H,4-7,9H2,1H3,(H,18,20). The molecule has 0 radical (unpaired) electrons. The highest BCUT2D eigenvalue weighted by molar-refractivity contribution is 6.00. The van der Waals surface area contributed by atoms with E-state index in [1.165, 1.54) is 12.1 Å². The average molecular weight is 290 g/mol. The van der Waals surface area contributed by atoms with Crippen molar-refractivity contribution in [3.8, 4) is 0 Å². The number of hydrogen-bond donors (Lipinski definition) is 2. The van der Waals surface area contributed by atoms with Gasteiger partial charge in [-0.05, 0) is 49.4 Å². The monoisotopic (exact) mass is 290 g/mol. The Bertz CT molecular complexity index is 660. The Hall–Kier alpha value is -1.88. The number of ether oxygens (including phenoxy) is 1. The number of hydrogen-bond acceptors (Lipinski definition) is 2. The van der Waals surface area contributed by atoms with Gasteiger partial charge in [0.05, 0.1) is 0 Å². The van der Waals surface area contributed by atoms with Crippen LogP contribution in [-0.4, -0.2) is 30.6 Å². The van der Waals surface area contributed by atoms with E-state index in [-0.39, 0.29) is 11.7 Å². The summed E-state index contributed by atoms with van der Waals surface area (Å²) in [7, 11) is 0. The van der Waals surface area contributed by atoms with Gasteiger partial charge in [0.2, 0.25) is 0 Å². The number of aromatic amines is 1. The Morgan fingerprint density at radius 1 is 1.52 bits per heavy atom. The molecule has 1 aromatic heterocycles. The van der Waals surface area contributed by atoms with Gasteiger partial charge >= 0.3 is 0 Å². The summed E-state index contributed by atoms with van der Waals surface area (Å²) < 4.78 is 18.6. The van der Waals surface area contributed by atoms with E-state index < -0.39 is 0 Å². The van der Waals surface area contributed by atoms with E-state index in [0.717, 1.165) is 42.5 Å². The fourth-order valence-electron chi connectivity index (χ4n) is 2.82.